The highest BCUT2D eigenvalue weighted by Crippen LogP contribution is 2.29. The lowest BCUT2D eigenvalue weighted by atomic mass is 9.91. The van der Waals surface area contributed by atoms with Gasteiger partial charge >= 0.3 is 0 Å². The van der Waals surface area contributed by atoms with Crippen LogP contribution in [-0.4, -0.2) is 10.8 Å². The van der Waals surface area contributed by atoms with Gasteiger partial charge in [-0.05, 0) is 66.6 Å². The number of thioether (sulfide) groups is 2. The Kier molecular flexibility index (Phi) is 8.37. The van der Waals surface area contributed by atoms with E-state index in [1.807, 2.05) is 30.0 Å². The maximum absolute atomic E-state index is 4.86. The van der Waals surface area contributed by atoms with Crippen molar-refractivity contribution in [2.45, 2.75) is 37.0 Å². The van der Waals surface area contributed by atoms with Gasteiger partial charge in [0.2, 0.25) is 0 Å². The monoisotopic (exact) mass is 445 g/mol. The maximum Gasteiger partial charge on any atom is 0.0972 e. The molecule has 2 aromatic rings. The van der Waals surface area contributed by atoms with Crippen LogP contribution in [-0.2, 0) is 0 Å². The number of rotatable bonds is 6. The fourth-order valence-corrected chi connectivity index (χ4v) is 5.06. The fraction of sp³-hybridized carbons (Fsp3) is 0.318. The van der Waals surface area contributed by atoms with Gasteiger partial charge in [0.05, 0.1) is 10.7 Å². The molecule has 0 amide bonds. The van der Waals surface area contributed by atoms with Gasteiger partial charge in [-0.15, -0.1) is 11.8 Å². The molecule has 1 fully saturated rings. The van der Waals surface area contributed by atoms with Crippen molar-refractivity contribution >= 4 is 50.2 Å². The minimum absolute atomic E-state index is 0.849. The molecular weight excluding hydrogens is 422 g/mol. The lowest BCUT2D eigenvalue weighted by molar-refractivity contribution is 0.391. The molecule has 4 heteroatoms. The van der Waals surface area contributed by atoms with Gasteiger partial charge in [0.25, 0.3) is 0 Å². The van der Waals surface area contributed by atoms with Crippen molar-refractivity contribution in [3.63, 3.8) is 0 Å². The highest BCUT2D eigenvalue weighted by atomic mass is 79.9. The van der Waals surface area contributed by atoms with Gasteiger partial charge in [0.15, 0.2) is 0 Å². The van der Waals surface area contributed by atoms with Crippen molar-refractivity contribution in [1.29, 1.82) is 0 Å². The standard InChI is InChI=1S/C22H24BrNS2/c23-19-11-13-21(14-12-19)25-16-15-22(24-20-9-5-2-6-10-20)26-17-18-7-3-1-4-8-18/h2,5-6,9-16,18H,1,3-4,7-8,17H2/b16-15+,24-22?. The summed E-state index contributed by atoms with van der Waals surface area (Å²) in [7, 11) is 0. The molecule has 1 aliphatic carbocycles. The fourth-order valence-electron chi connectivity index (χ4n) is 2.99. The number of hydrogen-bond acceptors (Lipinski definition) is 3. The van der Waals surface area contributed by atoms with Crippen molar-refractivity contribution in [2.75, 3.05) is 5.75 Å². The van der Waals surface area contributed by atoms with Crippen LogP contribution in [0.15, 0.2) is 80.4 Å². The Morgan fingerprint density at radius 2 is 1.73 bits per heavy atom. The van der Waals surface area contributed by atoms with E-state index in [1.165, 1.54) is 42.8 Å². The minimum Gasteiger partial charge on any atom is -0.242 e. The molecule has 0 unspecified atom stereocenters. The van der Waals surface area contributed by atoms with Crippen LogP contribution in [0.5, 0.6) is 0 Å². The molecule has 0 N–H and O–H groups in total. The molecule has 136 valence electrons. The van der Waals surface area contributed by atoms with Crippen molar-refractivity contribution in [3.8, 4) is 0 Å². The summed E-state index contributed by atoms with van der Waals surface area (Å²) < 4.78 is 1.11. The zero-order valence-electron chi connectivity index (χ0n) is 14.8. The van der Waals surface area contributed by atoms with E-state index in [1.54, 1.807) is 11.8 Å². The van der Waals surface area contributed by atoms with Crippen LogP contribution in [0.1, 0.15) is 32.1 Å². The van der Waals surface area contributed by atoms with Crippen molar-refractivity contribution in [1.82, 2.24) is 0 Å². The summed E-state index contributed by atoms with van der Waals surface area (Å²) in [6, 6.07) is 18.7. The topological polar surface area (TPSA) is 12.4 Å². The van der Waals surface area contributed by atoms with Crippen molar-refractivity contribution in [3.05, 3.63) is 70.6 Å². The molecule has 0 saturated heterocycles. The second-order valence-electron chi connectivity index (χ2n) is 6.48. The number of nitrogens with zero attached hydrogens (tertiary/aromatic N) is 1. The summed E-state index contributed by atoms with van der Waals surface area (Å²) in [4.78, 5) is 6.10. The van der Waals surface area contributed by atoms with Crippen LogP contribution in [0.25, 0.3) is 0 Å². The zero-order valence-corrected chi connectivity index (χ0v) is 18.0. The van der Waals surface area contributed by atoms with Gasteiger partial charge in [-0.3, -0.25) is 0 Å². The quantitative estimate of drug-likeness (QED) is 0.252. The molecule has 0 heterocycles. The lowest BCUT2D eigenvalue weighted by Gasteiger charge is -2.20. The summed E-state index contributed by atoms with van der Waals surface area (Å²) in [5.74, 6) is 2.03. The Labute approximate surface area is 173 Å². The van der Waals surface area contributed by atoms with E-state index in [9.17, 15) is 0 Å². The number of halogens is 1. The first kappa shape index (κ1) is 19.8. The van der Waals surface area contributed by atoms with Gasteiger partial charge in [-0.2, -0.15) is 0 Å². The SMILES string of the molecule is Brc1ccc(S/C=C/C(=Nc2ccccc2)SCC2CCCCC2)cc1. The Balaban J connectivity index is 1.64. The highest BCUT2D eigenvalue weighted by Gasteiger charge is 2.14. The van der Waals surface area contributed by atoms with Crippen LogP contribution in [0, 0.1) is 5.92 Å². The average molecular weight is 446 g/mol. The second-order valence-corrected chi connectivity index (χ2v) is 9.41. The molecule has 0 bridgehead atoms. The predicted octanol–water partition coefficient (Wildman–Crippen LogP) is 8.10. The third-order valence-corrected chi connectivity index (χ3v) is 6.92. The normalized spacial score (nSPS) is 16.3. The molecule has 0 atom stereocenters. The molecular formula is C22H24BrNS2. The molecule has 3 rings (SSSR count). The smallest absolute Gasteiger partial charge is 0.0972 e. The van der Waals surface area contributed by atoms with E-state index in [4.69, 9.17) is 4.99 Å². The van der Waals surface area contributed by atoms with E-state index in [-0.39, 0.29) is 0 Å². The molecule has 0 aromatic heterocycles. The predicted molar refractivity (Wildman–Crippen MR) is 122 cm³/mol. The molecule has 0 radical (unpaired) electrons. The first-order valence-corrected chi connectivity index (χ1v) is 11.8. The summed E-state index contributed by atoms with van der Waals surface area (Å²) in [5, 5.41) is 3.25. The van der Waals surface area contributed by atoms with E-state index in [0.29, 0.717) is 0 Å². The molecule has 0 spiro atoms. The number of hydrogen-bond donors (Lipinski definition) is 0. The van der Waals surface area contributed by atoms with E-state index >= 15 is 0 Å². The second kappa shape index (κ2) is 11.0. The molecule has 2 aromatic carbocycles. The largest absolute Gasteiger partial charge is 0.242 e. The Bertz CT molecular complexity index is 720. The van der Waals surface area contributed by atoms with Crippen LogP contribution >= 0.6 is 39.5 Å². The summed E-state index contributed by atoms with van der Waals surface area (Å²) in [6.45, 7) is 0. The molecule has 1 aliphatic rings. The van der Waals surface area contributed by atoms with Crippen LogP contribution in [0.2, 0.25) is 0 Å². The number of para-hydroxylation sites is 1. The number of benzene rings is 2. The van der Waals surface area contributed by atoms with Gasteiger partial charge in [-0.25, -0.2) is 4.99 Å². The van der Waals surface area contributed by atoms with Crippen molar-refractivity contribution < 1.29 is 0 Å². The van der Waals surface area contributed by atoms with Gasteiger partial charge in [0.1, 0.15) is 0 Å². The summed E-state index contributed by atoms with van der Waals surface area (Å²) >= 11 is 7.12. The molecule has 1 saturated carbocycles. The highest BCUT2D eigenvalue weighted by molar-refractivity contribution is 9.10. The average Bonchev–Trinajstić information content (AvgIpc) is 2.69. The Hall–Kier alpha value is -0.970. The zero-order chi connectivity index (χ0) is 18.0. The Morgan fingerprint density at radius 1 is 1.00 bits per heavy atom. The van der Waals surface area contributed by atoms with E-state index < -0.39 is 0 Å². The Morgan fingerprint density at radius 3 is 2.46 bits per heavy atom. The lowest BCUT2D eigenvalue weighted by Crippen LogP contribution is -2.09. The van der Waals surface area contributed by atoms with Crippen LogP contribution in [0.3, 0.4) is 0 Å². The first-order chi connectivity index (χ1) is 12.8. The van der Waals surface area contributed by atoms with E-state index in [2.05, 4.69) is 63.8 Å². The van der Waals surface area contributed by atoms with Gasteiger partial charge in [0, 0.05) is 15.1 Å². The number of aliphatic imine (C=N–C) groups is 1. The molecule has 1 nitrogen and oxygen atoms in total. The van der Waals surface area contributed by atoms with Crippen LogP contribution in [0.4, 0.5) is 5.69 Å². The van der Waals surface area contributed by atoms with Crippen LogP contribution < -0.4 is 0 Å². The van der Waals surface area contributed by atoms with Gasteiger partial charge < -0.3 is 0 Å². The first-order valence-electron chi connectivity index (χ1n) is 9.15. The summed E-state index contributed by atoms with van der Waals surface area (Å²) in [6.07, 6.45) is 9.12. The summed E-state index contributed by atoms with van der Waals surface area (Å²) in [5.41, 5.74) is 1.02. The third kappa shape index (κ3) is 6.98. The van der Waals surface area contributed by atoms with Gasteiger partial charge in [-0.1, -0.05) is 65.2 Å². The van der Waals surface area contributed by atoms with Crippen molar-refractivity contribution in [2.24, 2.45) is 10.9 Å². The van der Waals surface area contributed by atoms with E-state index in [0.717, 1.165) is 21.1 Å². The molecule has 26 heavy (non-hydrogen) atoms. The third-order valence-electron chi connectivity index (χ3n) is 4.42. The molecule has 0 aliphatic heterocycles. The maximum atomic E-state index is 4.86. The minimum atomic E-state index is 0.849.